The topological polar surface area (TPSA) is 64.6 Å². The maximum atomic E-state index is 11.7. The summed E-state index contributed by atoms with van der Waals surface area (Å²) in [5.74, 6) is -0.158. The van der Waals surface area contributed by atoms with E-state index in [1.165, 1.54) is 0 Å². The van der Waals surface area contributed by atoms with Crippen LogP contribution >= 0.6 is 22.6 Å². The Morgan fingerprint density at radius 1 is 1.28 bits per heavy atom. The molecule has 0 saturated heterocycles. The average molecular weight is 371 g/mol. The van der Waals surface area contributed by atoms with E-state index in [0.717, 1.165) is 0 Å². The summed E-state index contributed by atoms with van der Waals surface area (Å²) >= 11 is 2.02. The number of nitrogens with one attached hydrogen (secondary N) is 1. The molecule has 1 amide bonds. The first-order chi connectivity index (χ1) is 8.15. The quantitative estimate of drug-likeness (QED) is 0.458. The van der Waals surface area contributed by atoms with E-state index in [-0.39, 0.29) is 5.92 Å². The number of carbonyl (C=O) groups is 2. The maximum Gasteiger partial charge on any atom is 0.408 e. The lowest BCUT2D eigenvalue weighted by Crippen LogP contribution is -2.45. The molecule has 0 aromatic carbocycles. The number of halogens is 1. The monoisotopic (exact) mass is 371 g/mol. The van der Waals surface area contributed by atoms with Crippen LogP contribution in [-0.2, 0) is 14.3 Å². The standard InChI is InChI=1S/C12H22INO4/c1-8(2)7-17-10(15)9(6-13)14-11(16)18-12(3,4)5/h8-9H,6-7H2,1-5H3,(H,14,16). The van der Waals surface area contributed by atoms with Gasteiger partial charge in [0, 0.05) is 4.43 Å². The van der Waals surface area contributed by atoms with E-state index in [1.807, 2.05) is 36.4 Å². The van der Waals surface area contributed by atoms with E-state index in [0.29, 0.717) is 11.0 Å². The van der Waals surface area contributed by atoms with Crippen molar-refractivity contribution in [1.82, 2.24) is 5.32 Å². The molecule has 18 heavy (non-hydrogen) atoms. The van der Waals surface area contributed by atoms with Gasteiger partial charge in [-0.1, -0.05) is 36.4 Å². The first-order valence-corrected chi connectivity index (χ1v) is 7.40. The molecule has 1 atom stereocenters. The molecule has 0 aromatic heterocycles. The van der Waals surface area contributed by atoms with Gasteiger partial charge in [-0.2, -0.15) is 0 Å². The summed E-state index contributed by atoms with van der Waals surface area (Å²) in [4.78, 5) is 23.2. The van der Waals surface area contributed by atoms with Gasteiger partial charge >= 0.3 is 12.1 Å². The van der Waals surface area contributed by atoms with Crippen molar-refractivity contribution in [3.05, 3.63) is 0 Å². The van der Waals surface area contributed by atoms with Crippen LogP contribution in [0.5, 0.6) is 0 Å². The highest BCUT2D eigenvalue weighted by Gasteiger charge is 2.24. The van der Waals surface area contributed by atoms with Crippen LogP contribution in [0.15, 0.2) is 0 Å². The van der Waals surface area contributed by atoms with E-state index in [4.69, 9.17) is 9.47 Å². The van der Waals surface area contributed by atoms with Crippen LogP contribution in [0.1, 0.15) is 34.6 Å². The van der Waals surface area contributed by atoms with Crippen LogP contribution < -0.4 is 5.32 Å². The second kappa shape index (κ2) is 7.81. The highest BCUT2D eigenvalue weighted by atomic mass is 127. The minimum atomic E-state index is -0.667. The normalized spacial score (nSPS) is 13.1. The van der Waals surface area contributed by atoms with Crippen LogP contribution in [-0.4, -0.2) is 34.7 Å². The van der Waals surface area contributed by atoms with Gasteiger partial charge < -0.3 is 14.8 Å². The Morgan fingerprint density at radius 2 is 1.83 bits per heavy atom. The molecule has 1 N–H and O–H groups in total. The van der Waals surface area contributed by atoms with E-state index in [9.17, 15) is 9.59 Å². The smallest absolute Gasteiger partial charge is 0.408 e. The number of esters is 1. The number of hydrogen-bond donors (Lipinski definition) is 1. The van der Waals surface area contributed by atoms with Crippen molar-refractivity contribution in [2.75, 3.05) is 11.0 Å². The van der Waals surface area contributed by atoms with E-state index < -0.39 is 23.7 Å². The molecule has 106 valence electrons. The zero-order valence-corrected chi connectivity index (χ0v) is 13.7. The zero-order valence-electron chi connectivity index (χ0n) is 11.6. The van der Waals surface area contributed by atoms with Crippen molar-refractivity contribution < 1.29 is 19.1 Å². The van der Waals surface area contributed by atoms with Gasteiger partial charge in [0.05, 0.1) is 6.61 Å². The third-order valence-electron chi connectivity index (χ3n) is 1.69. The molecular formula is C12H22INO4. The highest BCUT2D eigenvalue weighted by molar-refractivity contribution is 14.1. The summed E-state index contributed by atoms with van der Waals surface area (Å²) in [6.07, 6.45) is -0.606. The van der Waals surface area contributed by atoms with E-state index >= 15 is 0 Å². The lowest BCUT2D eigenvalue weighted by molar-refractivity contribution is -0.146. The SMILES string of the molecule is CC(C)COC(=O)C(CI)NC(=O)OC(C)(C)C. The maximum absolute atomic E-state index is 11.7. The highest BCUT2D eigenvalue weighted by Crippen LogP contribution is 2.07. The predicted molar refractivity (Wildman–Crippen MR) is 77.8 cm³/mol. The summed E-state index contributed by atoms with van der Waals surface area (Å²) in [5, 5.41) is 2.50. The Bertz CT molecular complexity index is 286. The van der Waals surface area contributed by atoms with Crippen molar-refractivity contribution >= 4 is 34.7 Å². The Labute approximate surface area is 122 Å². The average Bonchev–Trinajstić information content (AvgIpc) is 2.19. The molecule has 0 bridgehead atoms. The lowest BCUT2D eigenvalue weighted by Gasteiger charge is -2.22. The Hall–Kier alpha value is -0.530. The molecule has 0 aliphatic heterocycles. The summed E-state index contributed by atoms with van der Waals surface area (Å²) < 4.78 is 10.6. The first kappa shape index (κ1) is 17.5. The fourth-order valence-electron chi connectivity index (χ4n) is 0.960. The fourth-order valence-corrected chi connectivity index (χ4v) is 1.54. The number of alkyl halides is 1. The fraction of sp³-hybridized carbons (Fsp3) is 0.833. The summed E-state index contributed by atoms with van der Waals surface area (Å²) in [7, 11) is 0. The predicted octanol–water partition coefficient (Wildman–Crippen LogP) is 2.51. The molecule has 0 heterocycles. The minimum Gasteiger partial charge on any atom is -0.464 e. The van der Waals surface area contributed by atoms with E-state index in [1.54, 1.807) is 20.8 Å². The van der Waals surface area contributed by atoms with Crippen molar-refractivity contribution in [2.24, 2.45) is 5.92 Å². The van der Waals surface area contributed by atoms with Crippen LogP contribution in [0, 0.1) is 5.92 Å². The molecule has 0 radical (unpaired) electrons. The Kier molecular flexibility index (Phi) is 7.58. The number of rotatable bonds is 5. The molecular weight excluding hydrogens is 349 g/mol. The van der Waals surface area contributed by atoms with Crippen molar-refractivity contribution in [3.63, 3.8) is 0 Å². The molecule has 0 aromatic rings. The molecule has 0 rings (SSSR count). The van der Waals surface area contributed by atoms with Gasteiger partial charge in [-0.3, -0.25) is 0 Å². The molecule has 0 spiro atoms. The van der Waals surface area contributed by atoms with Gasteiger partial charge in [-0.05, 0) is 26.7 Å². The van der Waals surface area contributed by atoms with Gasteiger partial charge in [-0.25, -0.2) is 9.59 Å². The largest absolute Gasteiger partial charge is 0.464 e. The second-order valence-electron chi connectivity index (χ2n) is 5.38. The van der Waals surface area contributed by atoms with Gasteiger partial charge in [0.2, 0.25) is 0 Å². The molecule has 0 aliphatic carbocycles. The number of carbonyl (C=O) groups excluding carboxylic acids is 2. The van der Waals surface area contributed by atoms with Crippen LogP contribution in [0.3, 0.4) is 0 Å². The van der Waals surface area contributed by atoms with Crippen molar-refractivity contribution in [3.8, 4) is 0 Å². The molecule has 0 aliphatic rings. The zero-order chi connectivity index (χ0) is 14.3. The summed E-state index contributed by atoms with van der Waals surface area (Å²) in [6, 6.07) is -0.667. The number of amides is 1. The number of alkyl carbamates (subject to hydrolysis) is 1. The van der Waals surface area contributed by atoms with Gasteiger partial charge in [0.15, 0.2) is 0 Å². The third kappa shape index (κ3) is 8.54. The number of hydrogen-bond acceptors (Lipinski definition) is 4. The van der Waals surface area contributed by atoms with Crippen LogP contribution in [0.2, 0.25) is 0 Å². The van der Waals surface area contributed by atoms with E-state index in [2.05, 4.69) is 5.32 Å². The molecule has 5 nitrogen and oxygen atoms in total. The molecule has 6 heteroatoms. The minimum absolute atomic E-state index is 0.269. The Balaban J connectivity index is 4.25. The van der Waals surface area contributed by atoms with Gasteiger partial charge in [0.1, 0.15) is 11.6 Å². The molecule has 1 unspecified atom stereocenters. The molecule has 0 fully saturated rings. The summed E-state index contributed by atoms with van der Waals surface area (Å²) in [6.45, 7) is 9.55. The Morgan fingerprint density at radius 3 is 2.22 bits per heavy atom. The lowest BCUT2D eigenvalue weighted by atomic mass is 10.2. The van der Waals surface area contributed by atoms with Crippen LogP contribution in [0.4, 0.5) is 4.79 Å². The van der Waals surface area contributed by atoms with Crippen molar-refractivity contribution in [1.29, 1.82) is 0 Å². The molecule has 0 saturated carbocycles. The van der Waals surface area contributed by atoms with Gasteiger partial charge in [0.25, 0.3) is 0 Å². The van der Waals surface area contributed by atoms with Crippen LogP contribution in [0.25, 0.3) is 0 Å². The number of ether oxygens (including phenoxy) is 2. The summed E-state index contributed by atoms with van der Waals surface area (Å²) in [5.41, 5.74) is -0.582. The third-order valence-corrected chi connectivity index (χ3v) is 2.57. The van der Waals surface area contributed by atoms with Crippen molar-refractivity contribution in [2.45, 2.75) is 46.3 Å². The first-order valence-electron chi connectivity index (χ1n) is 5.88. The van der Waals surface area contributed by atoms with Gasteiger partial charge in [-0.15, -0.1) is 0 Å². The second-order valence-corrected chi connectivity index (χ2v) is 6.26.